The smallest absolute Gasteiger partial charge is 0.331 e. The van der Waals surface area contributed by atoms with Gasteiger partial charge in [-0.1, -0.05) is 12.1 Å². The quantitative estimate of drug-likeness (QED) is 0.0585. The van der Waals surface area contributed by atoms with Gasteiger partial charge in [-0.2, -0.15) is 0 Å². The van der Waals surface area contributed by atoms with Gasteiger partial charge in [-0.05, 0) is 54.8 Å². The molecule has 0 aromatic heterocycles. The van der Waals surface area contributed by atoms with Gasteiger partial charge < -0.3 is 89.0 Å². The van der Waals surface area contributed by atoms with Gasteiger partial charge in [0.05, 0.1) is 33.0 Å². The number of aliphatic hydroxyl groups excluding tert-OH is 7. The van der Waals surface area contributed by atoms with E-state index < -0.39 is 117 Å². The number of aliphatic hydroxyl groups is 7. The molecule has 0 bridgehead atoms. The molecule has 3 heterocycles. The molecule has 10 N–H and O–H groups in total. The average molecular weight is 771 g/mol. The highest BCUT2D eigenvalue weighted by atomic mass is 16.8. The van der Waals surface area contributed by atoms with Crippen molar-refractivity contribution in [2.24, 2.45) is 0 Å². The monoisotopic (exact) mass is 770 g/mol. The predicted molar refractivity (Wildman–Crippen MR) is 179 cm³/mol. The normalized spacial score (nSPS) is 35.9. The minimum atomic E-state index is -1.85. The van der Waals surface area contributed by atoms with Gasteiger partial charge in [0, 0.05) is 6.08 Å². The van der Waals surface area contributed by atoms with Gasteiger partial charge >= 0.3 is 5.97 Å². The number of rotatable bonds is 13. The maximum Gasteiger partial charge on any atom is 0.331 e. The summed E-state index contributed by atoms with van der Waals surface area (Å²) in [6.45, 7) is 0.313. The zero-order valence-corrected chi connectivity index (χ0v) is 29.2. The van der Waals surface area contributed by atoms with Crippen LogP contribution in [-0.4, -0.2) is 170 Å². The number of ether oxygens (including phenoxy) is 8. The molecule has 0 radical (unpaired) electrons. The predicted octanol–water partition coefficient (Wildman–Crippen LogP) is -2.25. The summed E-state index contributed by atoms with van der Waals surface area (Å²) < 4.78 is 45.3. The fourth-order valence-corrected chi connectivity index (χ4v) is 6.03. The second kappa shape index (κ2) is 18.3. The molecule has 2 aromatic rings. The van der Waals surface area contributed by atoms with Gasteiger partial charge in [-0.15, -0.1) is 0 Å². The molecule has 19 nitrogen and oxygen atoms in total. The van der Waals surface area contributed by atoms with Crippen LogP contribution >= 0.6 is 0 Å². The van der Waals surface area contributed by atoms with E-state index in [9.17, 15) is 55.9 Å². The van der Waals surface area contributed by atoms with Crippen molar-refractivity contribution in [1.82, 2.24) is 0 Å². The Balaban J connectivity index is 1.41. The van der Waals surface area contributed by atoms with Crippen LogP contribution in [0, 0.1) is 0 Å². The van der Waals surface area contributed by atoms with Crippen molar-refractivity contribution in [1.29, 1.82) is 0 Å². The summed E-state index contributed by atoms with van der Waals surface area (Å²) in [6, 6.07) is 8.44. The number of phenolic OH excluding ortho intramolecular Hbond substituents is 3. The van der Waals surface area contributed by atoms with Crippen molar-refractivity contribution < 1.29 is 93.8 Å². The number of benzene rings is 2. The zero-order valence-electron chi connectivity index (χ0n) is 29.2. The van der Waals surface area contributed by atoms with Crippen LogP contribution in [0.2, 0.25) is 0 Å². The fourth-order valence-electron chi connectivity index (χ4n) is 6.03. The highest BCUT2D eigenvalue weighted by molar-refractivity contribution is 5.87. The second-order valence-electron chi connectivity index (χ2n) is 13.0. The van der Waals surface area contributed by atoms with Crippen molar-refractivity contribution in [3.63, 3.8) is 0 Å². The van der Waals surface area contributed by atoms with E-state index in [2.05, 4.69) is 0 Å². The minimum absolute atomic E-state index is 0.112. The lowest BCUT2D eigenvalue weighted by atomic mass is 9.96. The Bertz CT molecular complexity index is 1570. The molecule has 0 aliphatic carbocycles. The molecule has 3 saturated heterocycles. The molecule has 0 amide bonds. The Kier molecular flexibility index (Phi) is 14.1. The third-order valence-corrected chi connectivity index (χ3v) is 9.17. The lowest BCUT2D eigenvalue weighted by Gasteiger charge is -2.47. The van der Waals surface area contributed by atoms with Crippen LogP contribution < -0.4 is 4.74 Å². The highest BCUT2D eigenvalue weighted by Gasteiger charge is 2.53. The summed E-state index contributed by atoms with van der Waals surface area (Å²) in [7, 11) is 1.40. The number of aromatic hydroxyl groups is 3. The van der Waals surface area contributed by atoms with Crippen LogP contribution in [0.5, 0.6) is 23.0 Å². The summed E-state index contributed by atoms with van der Waals surface area (Å²) in [5.74, 6) is -1.75. The molecular weight excluding hydrogens is 724 g/mol. The molecular formula is C35H46O19. The lowest BCUT2D eigenvalue weighted by molar-refractivity contribution is -0.362. The largest absolute Gasteiger partial charge is 0.504 e. The summed E-state index contributed by atoms with van der Waals surface area (Å²) in [5.41, 5.74) is 0.911. The molecule has 3 aliphatic heterocycles. The van der Waals surface area contributed by atoms with Crippen LogP contribution in [0.4, 0.5) is 0 Å². The molecule has 2 aromatic carbocycles. The van der Waals surface area contributed by atoms with Crippen molar-refractivity contribution in [3.05, 3.63) is 53.6 Å². The minimum Gasteiger partial charge on any atom is -0.504 e. The summed E-state index contributed by atoms with van der Waals surface area (Å²) >= 11 is 0. The van der Waals surface area contributed by atoms with Crippen LogP contribution in [0.3, 0.4) is 0 Å². The van der Waals surface area contributed by atoms with Gasteiger partial charge in [-0.25, -0.2) is 4.79 Å². The van der Waals surface area contributed by atoms with Crippen molar-refractivity contribution in [2.75, 3.05) is 26.9 Å². The molecule has 5 rings (SSSR count). The number of esters is 1. The molecule has 0 saturated carbocycles. The number of hydrogen-bond donors (Lipinski definition) is 10. The van der Waals surface area contributed by atoms with Crippen molar-refractivity contribution >= 4 is 12.0 Å². The maximum atomic E-state index is 13.3. The van der Waals surface area contributed by atoms with E-state index in [1.54, 1.807) is 12.1 Å². The summed E-state index contributed by atoms with van der Waals surface area (Å²) in [5, 5.41) is 103. The van der Waals surface area contributed by atoms with Gasteiger partial charge in [0.2, 0.25) is 0 Å². The Labute approximate surface area is 308 Å². The number of carbonyl (C=O) groups excluding carboxylic acids is 1. The standard InChI is InChI=1S/C35H46O19/c1-15-25(41)27(43)29(45)35(51-15)54-32-30(46)34(48-10-9-17-4-7-22(47-2)20(38)12-17)52-23(14-50-33-28(44)26(42)21(39)13-49-33)31(32)53-24(40)8-5-16-3-6-18(36)19(37)11-16/h3-8,11-12,15,21,23,25-39,41-46H,9-10,13-14H2,1-2H3. The molecule has 54 heavy (non-hydrogen) atoms. The Hall–Kier alpha value is -3.67. The van der Waals surface area contributed by atoms with Crippen molar-refractivity contribution in [2.45, 2.75) is 99.4 Å². The van der Waals surface area contributed by atoms with Gasteiger partial charge in [0.25, 0.3) is 0 Å². The number of hydrogen-bond acceptors (Lipinski definition) is 19. The first-order valence-electron chi connectivity index (χ1n) is 17.0. The number of methoxy groups -OCH3 is 1. The Morgan fingerprint density at radius 1 is 0.778 bits per heavy atom. The molecule has 300 valence electrons. The van der Waals surface area contributed by atoms with Gasteiger partial charge in [0.1, 0.15) is 54.9 Å². The summed E-state index contributed by atoms with van der Waals surface area (Å²) in [6.07, 6.45) is -19.8. The summed E-state index contributed by atoms with van der Waals surface area (Å²) in [4.78, 5) is 13.3. The van der Waals surface area contributed by atoms with E-state index in [1.807, 2.05) is 0 Å². The Morgan fingerprint density at radius 3 is 2.22 bits per heavy atom. The van der Waals surface area contributed by atoms with Gasteiger partial charge in [-0.3, -0.25) is 0 Å². The van der Waals surface area contributed by atoms with Crippen LogP contribution in [0.15, 0.2) is 42.5 Å². The fraction of sp³-hybridized carbons (Fsp3) is 0.571. The molecule has 3 aliphatic rings. The first kappa shape index (κ1) is 41.5. The SMILES string of the molecule is COc1ccc(CCOC2OC(COC3OCC(O)C(O)C3O)C(OC(=O)C=Cc3ccc(O)c(O)c3)C(OC3OC(C)C(O)C(O)C3O)C2O)cc1O. The lowest BCUT2D eigenvalue weighted by Crippen LogP contribution is -2.65. The topological polar surface area (TPSA) is 293 Å². The van der Waals surface area contributed by atoms with Crippen LogP contribution in [0.25, 0.3) is 6.08 Å². The van der Waals surface area contributed by atoms with Gasteiger partial charge in [0.15, 0.2) is 48.0 Å². The van der Waals surface area contributed by atoms with E-state index in [-0.39, 0.29) is 30.1 Å². The van der Waals surface area contributed by atoms with E-state index in [0.29, 0.717) is 5.56 Å². The number of phenols is 3. The van der Waals surface area contributed by atoms with Crippen LogP contribution in [-0.2, 0) is 44.4 Å². The molecule has 14 unspecified atom stereocenters. The number of carbonyl (C=O) groups is 1. The third-order valence-electron chi connectivity index (χ3n) is 9.17. The average Bonchev–Trinajstić information content (AvgIpc) is 3.14. The molecule has 19 heteroatoms. The van der Waals surface area contributed by atoms with Crippen LogP contribution in [0.1, 0.15) is 18.1 Å². The van der Waals surface area contributed by atoms with E-state index in [1.165, 1.54) is 44.4 Å². The third kappa shape index (κ3) is 9.76. The Morgan fingerprint density at radius 2 is 1.52 bits per heavy atom. The highest BCUT2D eigenvalue weighted by Crippen LogP contribution is 2.33. The first-order valence-corrected chi connectivity index (χ1v) is 17.0. The first-order chi connectivity index (χ1) is 25.7. The second-order valence-corrected chi connectivity index (χ2v) is 13.0. The molecule has 14 atom stereocenters. The molecule has 3 fully saturated rings. The van der Waals surface area contributed by atoms with E-state index >= 15 is 0 Å². The zero-order chi connectivity index (χ0) is 39.3. The van der Waals surface area contributed by atoms with Crippen molar-refractivity contribution in [3.8, 4) is 23.0 Å². The maximum absolute atomic E-state index is 13.3. The van der Waals surface area contributed by atoms with E-state index in [4.69, 9.17) is 37.9 Å². The van der Waals surface area contributed by atoms with E-state index in [0.717, 1.165) is 6.08 Å². The molecule has 0 spiro atoms.